The van der Waals surface area contributed by atoms with Crippen LogP contribution in [0.3, 0.4) is 0 Å². The molecule has 2 aliphatic carbocycles. The van der Waals surface area contributed by atoms with E-state index in [0.29, 0.717) is 33.1 Å². The van der Waals surface area contributed by atoms with Crippen LogP contribution < -0.4 is 10.3 Å². The fraction of sp³-hybridized carbons (Fsp3) is 0.268. The number of imide groups is 2. The second kappa shape index (κ2) is 12.2. The molecule has 0 unspecified atom stereocenters. The number of aromatic hydroxyl groups is 1. The van der Waals surface area contributed by atoms with E-state index < -0.39 is 52.6 Å². The van der Waals surface area contributed by atoms with Crippen LogP contribution in [-0.2, 0) is 31.0 Å². The Morgan fingerprint density at radius 3 is 2.27 bits per heavy atom. The summed E-state index contributed by atoms with van der Waals surface area (Å²) in [5.41, 5.74) is 5.56. The van der Waals surface area contributed by atoms with E-state index in [2.05, 4.69) is 5.43 Å². The molecule has 51 heavy (non-hydrogen) atoms. The number of carbonyl (C=O) groups is 4. The first kappa shape index (κ1) is 32.9. The Morgan fingerprint density at radius 1 is 0.882 bits per heavy atom. The number of benzene rings is 4. The molecule has 2 saturated heterocycles. The number of para-hydroxylation sites is 1. The number of hydrazine groups is 1. The van der Waals surface area contributed by atoms with Gasteiger partial charge in [-0.05, 0) is 97.3 Å². The number of hydrogen-bond acceptors (Lipinski definition) is 6. The van der Waals surface area contributed by atoms with E-state index in [0.717, 1.165) is 22.6 Å². The van der Waals surface area contributed by atoms with Gasteiger partial charge in [0.15, 0.2) is 0 Å². The second-order valence-electron chi connectivity index (χ2n) is 13.9. The summed E-state index contributed by atoms with van der Waals surface area (Å²) in [6.07, 6.45) is 3.13. The summed E-state index contributed by atoms with van der Waals surface area (Å²) in [5.74, 6) is -6.10. The molecule has 4 amide bonds. The summed E-state index contributed by atoms with van der Waals surface area (Å²) in [6, 6.07) is 24.9. The summed E-state index contributed by atoms with van der Waals surface area (Å²) in [6.45, 7) is 3.80. The molecule has 1 saturated carbocycles. The predicted molar refractivity (Wildman–Crippen MR) is 190 cm³/mol. The molecule has 0 spiro atoms. The maximum atomic E-state index is 15.2. The molecule has 6 atom stereocenters. The van der Waals surface area contributed by atoms with E-state index in [1.165, 1.54) is 29.2 Å². The number of halogens is 2. The number of amides is 4. The largest absolute Gasteiger partial charge is 0.507 e. The molecule has 4 aromatic rings. The summed E-state index contributed by atoms with van der Waals surface area (Å²) < 4.78 is 13.9. The number of fused-ring (bicyclic) bond motifs is 4. The van der Waals surface area contributed by atoms with E-state index in [9.17, 15) is 23.9 Å². The van der Waals surface area contributed by atoms with E-state index in [-0.39, 0.29) is 30.4 Å². The van der Waals surface area contributed by atoms with Crippen LogP contribution in [-0.4, -0.2) is 33.7 Å². The smallest absolute Gasteiger partial charge is 0.260 e. The van der Waals surface area contributed by atoms with E-state index >= 15 is 4.79 Å². The normalized spacial score (nSPS) is 26.9. The summed E-state index contributed by atoms with van der Waals surface area (Å²) in [4.78, 5) is 59.8. The second-order valence-corrected chi connectivity index (χ2v) is 14.4. The summed E-state index contributed by atoms with van der Waals surface area (Å²) in [7, 11) is 0. The lowest BCUT2D eigenvalue weighted by atomic mass is 9.49. The van der Waals surface area contributed by atoms with Gasteiger partial charge < -0.3 is 5.11 Å². The van der Waals surface area contributed by atoms with Gasteiger partial charge in [-0.3, -0.25) is 29.5 Å². The van der Waals surface area contributed by atoms with Gasteiger partial charge in [0.05, 0.1) is 34.5 Å². The van der Waals surface area contributed by atoms with Crippen LogP contribution in [0.15, 0.2) is 103 Å². The number of hydrogen-bond donors (Lipinski definition) is 2. The Bertz CT molecular complexity index is 2130. The fourth-order valence-corrected chi connectivity index (χ4v) is 9.18. The molecule has 258 valence electrons. The van der Waals surface area contributed by atoms with Gasteiger partial charge in [0.1, 0.15) is 11.6 Å². The van der Waals surface area contributed by atoms with Crippen molar-refractivity contribution in [1.29, 1.82) is 0 Å². The number of phenols is 1. The van der Waals surface area contributed by atoms with Crippen molar-refractivity contribution >= 4 is 46.6 Å². The van der Waals surface area contributed by atoms with Crippen LogP contribution in [0.5, 0.6) is 5.75 Å². The van der Waals surface area contributed by atoms with Crippen LogP contribution in [0.25, 0.3) is 0 Å². The lowest BCUT2D eigenvalue weighted by molar-refractivity contribution is -0.138. The molecular formula is C41H35ClFN3O5. The highest BCUT2D eigenvalue weighted by Crippen LogP contribution is 2.65. The van der Waals surface area contributed by atoms with E-state index in [1.807, 2.05) is 25.1 Å². The van der Waals surface area contributed by atoms with Gasteiger partial charge in [-0.15, -0.1) is 0 Å². The third-order valence-corrected chi connectivity index (χ3v) is 11.7. The minimum Gasteiger partial charge on any atom is -0.507 e. The van der Waals surface area contributed by atoms with Crippen molar-refractivity contribution in [1.82, 2.24) is 5.01 Å². The van der Waals surface area contributed by atoms with Gasteiger partial charge in [-0.2, -0.15) is 5.01 Å². The molecule has 4 aliphatic rings. The molecule has 2 N–H and O–H groups in total. The number of rotatable bonds is 6. The average Bonchev–Trinajstić information content (AvgIpc) is 3.51. The van der Waals surface area contributed by atoms with Crippen LogP contribution in [0.4, 0.5) is 15.8 Å². The molecule has 3 fully saturated rings. The van der Waals surface area contributed by atoms with Crippen molar-refractivity contribution in [3.63, 3.8) is 0 Å². The molecular weight excluding hydrogens is 669 g/mol. The van der Waals surface area contributed by atoms with Crippen LogP contribution in [0.1, 0.15) is 47.9 Å². The van der Waals surface area contributed by atoms with Crippen molar-refractivity contribution in [2.75, 3.05) is 10.3 Å². The van der Waals surface area contributed by atoms with Crippen molar-refractivity contribution in [2.45, 2.75) is 44.4 Å². The van der Waals surface area contributed by atoms with Crippen molar-refractivity contribution in [3.05, 3.63) is 136 Å². The number of aryl methyl sites for hydroxylation is 2. The Balaban J connectivity index is 1.32. The summed E-state index contributed by atoms with van der Waals surface area (Å²) in [5, 5.41) is 13.2. The maximum absolute atomic E-state index is 15.2. The molecule has 0 radical (unpaired) electrons. The lowest BCUT2D eigenvalue weighted by Crippen LogP contribution is -2.53. The van der Waals surface area contributed by atoms with Crippen LogP contribution in [0.2, 0.25) is 5.02 Å². The number of anilines is 2. The predicted octanol–water partition coefficient (Wildman–Crippen LogP) is 7.25. The average molecular weight is 704 g/mol. The minimum absolute atomic E-state index is 0.0186. The number of allylic oxidation sites excluding steroid dienone is 2. The molecule has 0 aromatic heterocycles. The Kier molecular flexibility index (Phi) is 7.87. The van der Waals surface area contributed by atoms with Gasteiger partial charge in [0, 0.05) is 16.5 Å². The van der Waals surface area contributed by atoms with Crippen molar-refractivity contribution < 1.29 is 28.7 Å². The Labute approximate surface area is 299 Å². The van der Waals surface area contributed by atoms with Gasteiger partial charge in [-0.1, -0.05) is 72.6 Å². The zero-order valence-electron chi connectivity index (χ0n) is 28.0. The molecule has 8 rings (SSSR count). The van der Waals surface area contributed by atoms with Crippen molar-refractivity contribution in [3.8, 4) is 5.75 Å². The fourth-order valence-electron chi connectivity index (χ4n) is 9.05. The Hall–Kier alpha value is -5.28. The number of nitrogens with zero attached hydrogens (tertiary/aromatic N) is 2. The first-order valence-corrected chi connectivity index (χ1v) is 17.6. The third-order valence-electron chi connectivity index (χ3n) is 11.4. The van der Waals surface area contributed by atoms with Crippen LogP contribution >= 0.6 is 11.6 Å². The molecule has 2 aliphatic heterocycles. The van der Waals surface area contributed by atoms with Crippen molar-refractivity contribution in [2.24, 2.45) is 23.7 Å². The van der Waals surface area contributed by atoms with Gasteiger partial charge in [0.2, 0.25) is 11.8 Å². The monoisotopic (exact) mass is 703 g/mol. The molecule has 4 aromatic carbocycles. The first-order valence-electron chi connectivity index (χ1n) is 17.2. The molecule has 8 nitrogen and oxygen atoms in total. The quantitative estimate of drug-likeness (QED) is 0.162. The number of nitrogens with one attached hydrogen (secondary N) is 1. The zero-order valence-corrected chi connectivity index (χ0v) is 28.7. The van der Waals surface area contributed by atoms with Gasteiger partial charge in [0.25, 0.3) is 11.8 Å². The standard InChI is InChI=1S/C41H35ClFN3O5/c1-3-23-7-17-28(18-8-23)45-37(48)30-20-19-29-32(34(30)39(45)50)21-33-38(49)46(44-27-15-13-26(43)14-16-27)40(51)41(33,24-9-11-25(42)12-10-24)35(29)31-6-4-5-22(2)36(31)47/h4-19,30,32-35,44,47H,3,20-21H2,1-2H3/t30-,32+,33-,34-,35+,41+/m0/s1. The number of carbonyl (C=O) groups excluding carboxylic acids is 4. The van der Waals surface area contributed by atoms with E-state index in [1.54, 1.807) is 61.5 Å². The maximum Gasteiger partial charge on any atom is 0.260 e. The molecule has 0 bridgehead atoms. The van der Waals surface area contributed by atoms with Gasteiger partial charge >= 0.3 is 0 Å². The highest BCUT2D eigenvalue weighted by molar-refractivity contribution is 6.30. The topological polar surface area (TPSA) is 107 Å². The molecule has 10 heteroatoms. The summed E-state index contributed by atoms with van der Waals surface area (Å²) >= 11 is 6.36. The van der Waals surface area contributed by atoms with Crippen LogP contribution in [0, 0.1) is 36.4 Å². The third kappa shape index (κ3) is 4.85. The zero-order chi connectivity index (χ0) is 35.8. The number of phenolic OH excluding ortho intramolecular Hbond substituents is 1. The molecule has 2 heterocycles. The first-order chi connectivity index (χ1) is 24.6. The Morgan fingerprint density at radius 2 is 1.59 bits per heavy atom. The van der Waals surface area contributed by atoms with E-state index in [4.69, 9.17) is 11.6 Å². The highest BCUT2D eigenvalue weighted by atomic mass is 35.5. The minimum atomic E-state index is -1.57. The lowest BCUT2D eigenvalue weighted by Gasteiger charge is -2.50. The highest BCUT2D eigenvalue weighted by Gasteiger charge is 2.70. The SMILES string of the molecule is CCc1ccc(N2C(=O)[C@H]3[C@H](CC=C4[C@H]3C[C@H]3C(=O)N(Nc5ccc(F)cc5)C(=O)[C@@]3(c3ccc(Cl)cc3)[C@H]4c3cccc(C)c3O)C2=O)cc1. The van der Waals surface area contributed by atoms with Gasteiger partial charge in [-0.25, -0.2) is 4.39 Å².